The summed E-state index contributed by atoms with van der Waals surface area (Å²) in [6, 6.07) is 14.6. The van der Waals surface area contributed by atoms with E-state index in [1.807, 2.05) is 0 Å². The fourth-order valence-corrected chi connectivity index (χ4v) is 5.65. The van der Waals surface area contributed by atoms with Crippen LogP contribution in [0.25, 0.3) is 0 Å². The van der Waals surface area contributed by atoms with Crippen LogP contribution < -0.4 is 9.62 Å². The summed E-state index contributed by atoms with van der Waals surface area (Å²) in [7, 11) is -2.89. The molecule has 1 N–H and O–H groups in total. The molecule has 2 amide bonds. The highest BCUT2D eigenvalue weighted by atomic mass is 35.5. The maximum Gasteiger partial charge on any atom is 0.264 e. The molecule has 0 saturated heterocycles. The minimum Gasteiger partial charge on any atom is -0.357 e. The van der Waals surface area contributed by atoms with E-state index in [9.17, 15) is 22.4 Å². The van der Waals surface area contributed by atoms with Gasteiger partial charge in [-0.1, -0.05) is 59.1 Å². The van der Waals surface area contributed by atoms with Crippen molar-refractivity contribution in [3.63, 3.8) is 0 Å². The van der Waals surface area contributed by atoms with Crippen LogP contribution in [0.3, 0.4) is 0 Å². The SMILES string of the molecule is CNC(=O)[C@H](C)N(Cc1c(Cl)cccc1Cl)C(=O)CN(c1ccc(F)c(Cl)c1)S(=O)(=O)c1ccccc1. The number of carbonyl (C=O) groups is 2. The number of rotatable bonds is 9. The van der Waals surface area contributed by atoms with Gasteiger partial charge in [-0.25, -0.2) is 12.8 Å². The van der Waals surface area contributed by atoms with Gasteiger partial charge in [0.05, 0.1) is 15.6 Å². The maximum atomic E-state index is 13.9. The van der Waals surface area contributed by atoms with Gasteiger partial charge in [-0.15, -0.1) is 0 Å². The molecular weight excluding hydrogens is 564 g/mol. The van der Waals surface area contributed by atoms with Crippen LogP contribution in [0.1, 0.15) is 12.5 Å². The summed E-state index contributed by atoms with van der Waals surface area (Å²) in [6.07, 6.45) is 0. The minimum atomic E-state index is -4.30. The molecule has 0 fully saturated rings. The van der Waals surface area contributed by atoms with Crippen LogP contribution >= 0.6 is 34.8 Å². The highest BCUT2D eigenvalue weighted by Crippen LogP contribution is 2.30. The van der Waals surface area contributed by atoms with Crippen LogP contribution in [0.2, 0.25) is 15.1 Å². The molecule has 0 aliphatic carbocycles. The molecule has 0 aliphatic heterocycles. The van der Waals surface area contributed by atoms with Crippen molar-refractivity contribution in [3.8, 4) is 0 Å². The molecule has 3 rings (SSSR count). The Morgan fingerprint density at radius 3 is 2.14 bits per heavy atom. The fourth-order valence-electron chi connectivity index (χ4n) is 3.53. The Hall–Kier alpha value is -2.85. The van der Waals surface area contributed by atoms with E-state index in [4.69, 9.17) is 34.8 Å². The number of likely N-dealkylation sites (N-methyl/N-ethyl adjacent to an activating group) is 1. The molecule has 0 radical (unpaired) electrons. The third-order valence-electron chi connectivity index (χ3n) is 5.61. The van der Waals surface area contributed by atoms with Crippen LogP contribution in [0.4, 0.5) is 10.1 Å². The van der Waals surface area contributed by atoms with E-state index < -0.39 is 40.2 Å². The third kappa shape index (κ3) is 6.54. The molecule has 3 aromatic rings. The second kappa shape index (κ2) is 12.1. The monoisotopic (exact) mass is 585 g/mol. The topological polar surface area (TPSA) is 86.8 Å². The first-order valence-corrected chi connectivity index (χ1v) is 13.5. The summed E-state index contributed by atoms with van der Waals surface area (Å²) in [5.74, 6) is -1.97. The average Bonchev–Trinajstić information content (AvgIpc) is 2.88. The number of amides is 2. The Morgan fingerprint density at radius 2 is 1.57 bits per heavy atom. The molecule has 0 aliphatic rings. The summed E-state index contributed by atoms with van der Waals surface area (Å²) in [6.45, 7) is 0.601. The van der Waals surface area contributed by atoms with Crippen molar-refractivity contribution in [2.24, 2.45) is 0 Å². The molecule has 0 unspecified atom stereocenters. The van der Waals surface area contributed by atoms with Crippen molar-refractivity contribution in [2.75, 3.05) is 17.9 Å². The van der Waals surface area contributed by atoms with E-state index in [1.54, 1.807) is 24.3 Å². The summed E-state index contributed by atoms with van der Waals surface area (Å²) in [5.41, 5.74) is 0.351. The molecule has 1 atom stereocenters. The van der Waals surface area contributed by atoms with Crippen molar-refractivity contribution in [3.05, 3.63) is 93.2 Å². The second-order valence-electron chi connectivity index (χ2n) is 7.94. The molecular formula is C25H23Cl3FN3O4S. The summed E-state index contributed by atoms with van der Waals surface area (Å²) < 4.78 is 41.9. The lowest BCUT2D eigenvalue weighted by atomic mass is 10.1. The summed E-state index contributed by atoms with van der Waals surface area (Å²) in [4.78, 5) is 27.3. The number of carbonyl (C=O) groups excluding carboxylic acids is 2. The van der Waals surface area contributed by atoms with Gasteiger partial charge < -0.3 is 10.2 Å². The van der Waals surface area contributed by atoms with Gasteiger partial charge in [0.25, 0.3) is 10.0 Å². The average molecular weight is 587 g/mol. The highest BCUT2D eigenvalue weighted by Gasteiger charge is 2.33. The number of nitrogens with one attached hydrogen (secondary N) is 1. The minimum absolute atomic E-state index is 0.0353. The van der Waals surface area contributed by atoms with E-state index in [0.29, 0.717) is 5.56 Å². The van der Waals surface area contributed by atoms with Gasteiger partial charge in [-0.3, -0.25) is 13.9 Å². The smallest absolute Gasteiger partial charge is 0.264 e. The van der Waals surface area contributed by atoms with Gasteiger partial charge in [0.2, 0.25) is 11.8 Å². The van der Waals surface area contributed by atoms with Crippen molar-refractivity contribution in [1.29, 1.82) is 0 Å². The number of nitrogens with zero attached hydrogens (tertiary/aromatic N) is 2. The molecule has 0 bridgehead atoms. The highest BCUT2D eigenvalue weighted by molar-refractivity contribution is 7.92. The molecule has 0 aromatic heterocycles. The zero-order valence-electron chi connectivity index (χ0n) is 19.8. The lowest BCUT2D eigenvalue weighted by Gasteiger charge is -2.32. The zero-order valence-corrected chi connectivity index (χ0v) is 22.9. The van der Waals surface area contributed by atoms with Gasteiger partial charge in [0.1, 0.15) is 18.4 Å². The molecule has 37 heavy (non-hydrogen) atoms. The molecule has 0 spiro atoms. The van der Waals surface area contributed by atoms with Crippen LogP contribution in [-0.4, -0.2) is 44.8 Å². The first-order chi connectivity index (χ1) is 17.5. The van der Waals surface area contributed by atoms with Crippen molar-refractivity contribution >= 4 is 62.3 Å². The van der Waals surface area contributed by atoms with Gasteiger partial charge in [-0.2, -0.15) is 0 Å². The molecule has 12 heteroatoms. The first kappa shape index (κ1) is 28.7. The van der Waals surface area contributed by atoms with Crippen LogP contribution in [0.5, 0.6) is 0 Å². The van der Waals surface area contributed by atoms with E-state index in [-0.39, 0.29) is 32.2 Å². The van der Waals surface area contributed by atoms with E-state index in [2.05, 4.69) is 5.32 Å². The van der Waals surface area contributed by atoms with Crippen LogP contribution in [0, 0.1) is 5.82 Å². The molecule has 0 saturated carbocycles. The second-order valence-corrected chi connectivity index (χ2v) is 11.0. The number of halogens is 4. The Morgan fingerprint density at radius 1 is 0.946 bits per heavy atom. The van der Waals surface area contributed by atoms with Crippen molar-refractivity contribution in [2.45, 2.75) is 24.4 Å². The lowest BCUT2D eigenvalue weighted by Crippen LogP contribution is -2.50. The molecule has 7 nitrogen and oxygen atoms in total. The predicted molar refractivity (Wildman–Crippen MR) is 143 cm³/mol. The zero-order chi connectivity index (χ0) is 27.3. The van der Waals surface area contributed by atoms with Gasteiger partial charge in [-0.05, 0) is 49.4 Å². The fraction of sp³-hybridized carbons (Fsp3) is 0.200. The van der Waals surface area contributed by atoms with Crippen LogP contribution in [-0.2, 0) is 26.2 Å². The molecule has 0 heterocycles. The number of benzene rings is 3. The number of hydrogen-bond donors (Lipinski definition) is 1. The van der Waals surface area contributed by atoms with Gasteiger partial charge in [0.15, 0.2) is 0 Å². The van der Waals surface area contributed by atoms with Gasteiger partial charge >= 0.3 is 0 Å². The van der Waals surface area contributed by atoms with E-state index >= 15 is 0 Å². The Balaban J connectivity index is 2.08. The van der Waals surface area contributed by atoms with E-state index in [1.165, 1.54) is 49.2 Å². The number of hydrogen-bond acceptors (Lipinski definition) is 4. The molecule has 196 valence electrons. The number of sulfonamides is 1. The predicted octanol–water partition coefficient (Wildman–Crippen LogP) is 5.14. The third-order valence-corrected chi connectivity index (χ3v) is 8.39. The number of anilines is 1. The Kier molecular flexibility index (Phi) is 9.41. The Labute approximate surface area is 229 Å². The lowest BCUT2D eigenvalue weighted by molar-refractivity contribution is -0.139. The van der Waals surface area contributed by atoms with Crippen LogP contribution in [0.15, 0.2) is 71.6 Å². The standard InChI is InChI=1S/C25H23Cl3FN3O4S/c1-16(25(34)30-2)31(14-19-20(26)9-6-10-21(19)27)24(33)15-32(17-11-12-23(29)22(28)13-17)37(35,36)18-7-4-3-5-8-18/h3-13,16H,14-15H2,1-2H3,(H,30,34)/t16-/m0/s1. The summed E-state index contributed by atoms with van der Waals surface area (Å²) >= 11 is 18.5. The van der Waals surface area contributed by atoms with Crippen molar-refractivity contribution < 1.29 is 22.4 Å². The largest absolute Gasteiger partial charge is 0.357 e. The molecule has 3 aromatic carbocycles. The van der Waals surface area contributed by atoms with Crippen molar-refractivity contribution in [1.82, 2.24) is 10.2 Å². The van der Waals surface area contributed by atoms with Gasteiger partial charge in [0, 0.05) is 29.2 Å². The quantitative estimate of drug-likeness (QED) is 0.376. The first-order valence-electron chi connectivity index (χ1n) is 10.9. The normalized spacial score (nSPS) is 12.1. The Bertz CT molecular complexity index is 1390. The van der Waals surface area contributed by atoms with E-state index in [0.717, 1.165) is 16.4 Å². The maximum absolute atomic E-state index is 13.9. The summed E-state index contributed by atoms with van der Waals surface area (Å²) in [5, 5.41) is 2.70.